The van der Waals surface area contributed by atoms with E-state index in [4.69, 9.17) is 4.99 Å². The molecule has 2 aromatic rings. The predicted octanol–water partition coefficient (Wildman–Crippen LogP) is 3.28. The fourth-order valence-corrected chi connectivity index (χ4v) is 3.33. The van der Waals surface area contributed by atoms with Crippen LogP contribution in [0.4, 0.5) is 4.39 Å². The molecule has 0 spiro atoms. The first-order chi connectivity index (χ1) is 12.7. The van der Waals surface area contributed by atoms with Gasteiger partial charge in [-0.2, -0.15) is 0 Å². The highest BCUT2D eigenvalue weighted by molar-refractivity contribution is 6.10. The smallest absolute Gasteiger partial charge is 0.235 e. The maximum Gasteiger partial charge on any atom is 0.235 e. The van der Waals surface area contributed by atoms with Crippen LogP contribution >= 0.6 is 0 Å². The summed E-state index contributed by atoms with van der Waals surface area (Å²) in [6.45, 7) is 0. The summed E-state index contributed by atoms with van der Waals surface area (Å²) in [5.41, 5.74) is 2.60. The lowest BCUT2D eigenvalue weighted by atomic mass is 9.81. The molecule has 6 heteroatoms. The molecule has 2 aromatic heterocycles. The number of hydrogen-bond acceptors (Lipinski definition) is 4. The number of carbonyl (C=O) groups is 1. The number of aromatic nitrogens is 2. The monoisotopic (exact) mass is 348 g/mol. The number of nitrogens with one attached hydrogen (secondary N) is 1. The highest BCUT2D eigenvalue weighted by Crippen LogP contribution is 2.38. The van der Waals surface area contributed by atoms with Crippen LogP contribution in [0.15, 0.2) is 77.6 Å². The summed E-state index contributed by atoms with van der Waals surface area (Å²) in [4.78, 5) is 25.8. The van der Waals surface area contributed by atoms with E-state index < -0.39 is 5.92 Å². The molecule has 0 bridgehead atoms. The third-order valence-electron chi connectivity index (χ3n) is 4.64. The second kappa shape index (κ2) is 7.00. The molecule has 1 aliphatic heterocycles. The molecule has 1 aliphatic carbocycles. The number of hydrogen-bond donors (Lipinski definition) is 1. The molecule has 0 aromatic carbocycles. The van der Waals surface area contributed by atoms with Gasteiger partial charge in [-0.05, 0) is 42.3 Å². The van der Waals surface area contributed by atoms with E-state index in [0.717, 1.165) is 16.7 Å². The maximum atomic E-state index is 13.4. The van der Waals surface area contributed by atoms with Crippen molar-refractivity contribution < 1.29 is 9.18 Å². The Bertz CT molecular complexity index is 906. The molecule has 4 rings (SSSR count). The van der Waals surface area contributed by atoms with Crippen molar-refractivity contribution >= 4 is 11.7 Å². The lowest BCUT2D eigenvalue weighted by molar-refractivity contribution is -0.123. The van der Waals surface area contributed by atoms with E-state index in [9.17, 15) is 9.18 Å². The zero-order chi connectivity index (χ0) is 17.9. The minimum Gasteiger partial charge on any atom is -0.310 e. The molecule has 5 nitrogen and oxygen atoms in total. The Morgan fingerprint density at radius 1 is 0.962 bits per heavy atom. The zero-order valence-electron chi connectivity index (χ0n) is 14.0. The van der Waals surface area contributed by atoms with Crippen molar-refractivity contribution in [2.24, 2.45) is 10.9 Å². The van der Waals surface area contributed by atoms with Crippen molar-refractivity contribution in [2.75, 3.05) is 0 Å². The number of amides is 1. The molecule has 2 aliphatic rings. The first kappa shape index (κ1) is 16.3. The second-order valence-electron chi connectivity index (χ2n) is 6.26. The Hall–Kier alpha value is -3.15. The van der Waals surface area contributed by atoms with Crippen LogP contribution < -0.4 is 5.32 Å². The standard InChI is InChI=1S/C20H17FN4O/c21-16-3-1-13(2-4-16)17-18(14-5-9-22-10-6-14)24-19(25-20(17)26)15-7-11-23-12-8-15/h1,3,5-12,17-18H,2,4H2,(H,24,25,26). The molecule has 2 atom stereocenters. The predicted molar refractivity (Wildman–Crippen MR) is 95.9 cm³/mol. The number of carbonyl (C=O) groups excluding carboxylic acids is 1. The molecule has 26 heavy (non-hydrogen) atoms. The van der Waals surface area contributed by atoms with Crippen LogP contribution in [0.3, 0.4) is 0 Å². The van der Waals surface area contributed by atoms with Gasteiger partial charge in [0, 0.05) is 36.8 Å². The normalized spacial score (nSPS) is 22.8. The van der Waals surface area contributed by atoms with Crippen molar-refractivity contribution in [3.8, 4) is 0 Å². The maximum absolute atomic E-state index is 13.4. The van der Waals surface area contributed by atoms with Gasteiger partial charge >= 0.3 is 0 Å². The fraction of sp³-hybridized carbons (Fsp3) is 0.200. The van der Waals surface area contributed by atoms with Gasteiger partial charge in [-0.25, -0.2) is 4.39 Å². The number of nitrogens with zero attached hydrogens (tertiary/aromatic N) is 3. The first-order valence-corrected chi connectivity index (χ1v) is 8.46. The summed E-state index contributed by atoms with van der Waals surface area (Å²) in [6, 6.07) is 6.96. The van der Waals surface area contributed by atoms with E-state index in [1.54, 1.807) is 43.0 Å². The molecule has 1 N–H and O–H groups in total. The molecule has 1 amide bonds. The zero-order valence-corrected chi connectivity index (χ0v) is 14.0. The van der Waals surface area contributed by atoms with E-state index in [1.165, 1.54) is 6.08 Å². The van der Waals surface area contributed by atoms with E-state index in [0.29, 0.717) is 18.7 Å². The fourth-order valence-electron chi connectivity index (χ4n) is 3.33. The van der Waals surface area contributed by atoms with E-state index in [-0.39, 0.29) is 17.8 Å². The minimum absolute atomic E-state index is 0.129. The Balaban J connectivity index is 1.79. The van der Waals surface area contributed by atoms with Crippen molar-refractivity contribution in [3.05, 3.63) is 83.7 Å². The van der Waals surface area contributed by atoms with Gasteiger partial charge in [-0.3, -0.25) is 19.8 Å². The van der Waals surface area contributed by atoms with E-state index in [2.05, 4.69) is 15.3 Å². The highest BCUT2D eigenvalue weighted by atomic mass is 19.1. The molecule has 0 saturated heterocycles. The van der Waals surface area contributed by atoms with Gasteiger partial charge in [0.2, 0.25) is 5.91 Å². The summed E-state index contributed by atoms with van der Waals surface area (Å²) >= 11 is 0. The number of allylic oxidation sites excluding steroid dienone is 3. The average molecular weight is 348 g/mol. The molecule has 130 valence electrons. The SMILES string of the molecule is O=C1NC(c2ccncc2)=NC(c2ccncc2)C1C1=CC=C(F)CC1. The Morgan fingerprint density at radius 2 is 1.65 bits per heavy atom. The number of aliphatic imine (C=N–C) groups is 1. The van der Waals surface area contributed by atoms with E-state index >= 15 is 0 Å². The van der Waals surface area contributed by atoms with Gasteiger partial charge in [0.05, 0.1) is 12.0 Å². The highest BCUT2D eigenvalue weighted by Gasteiger charge is 2.37. The summed E-state index contributed by atoms with van der Waals surface area (Å²) < 4.78 is 13.4. The summed E-state index contributed by atoms with van der Waals surface area (Å²) in [6.07, 6.45) is 10.7. The first-order valence-electron chi connectivity index (χ1n) is 8.46. The van der Waals surface area contributed by atoms with Gasteiger partial charge in [0.25, 0.3) is 0 Å². The van der Waals surface area contributed by atoms with Crippen molar-refractivity contribution in [2.45, 2.75) is 18.9 Å². The third kappa shape index (κ3) is 3.18. The molecule has 3 heterocycles. The van der Waals surface area contributed by atoms with Crippen LogP contribution in [-0.2, 0) is 4.79 Å². The Labute approximate surface area is 150 Å². The lowest BCUT2D eigenvalue weighted by Crippen LogP contribution is -2.44. The van der Waals surface area contributed by atoms with Gasteiger partial charge in [-0.15, -0.1) is 0 Å². The number of amidine groups is 1. The van der Waals surface area contributed by atoms with Gasteiger partial charge < -0.3 is 5.32 Å². The van der Waals surface area contributed by atoms with Gasteiger partial charge in [0.15, 0.2) is 0 Å². The van der Waals surface area contributed by atoms with Crippen molar-refractivity contribution in [1.82, 2.24) is 15.3 Å². The summed E-state index contributed by atoms with van der Waals surface area (Å²) in [7, 11) is 0. The number of halogens is 1. The minimum atomic E-state index is -0.465. The van der Waals surface area contributed by atoms with Crippen LogP contribution in [0.5, 0.6) is 0 Å². The molecular formula is C20H17FN4O. The number of pyridine rings is 2. The van der Waals surface area contributed by atoms with Crippen molar-refractivity contribution in [3.63, 3.8) is 0 Å². The number of rotatable bonds is 3. The molecular weight excluding hydrogens is 331 g/mol. The van der Waals surface area contributed by atoms with Gasteiger partial charge in [-0.1, -0.05) is 11.6 Å². The van der Waals surface area contributed by atoms with Gasteiger partial charge in [0.1, 0.15) is 11.7 Å². The van der Waals surface area contributed by atoms with Crippen molar-refractivity contribution in [1.29, 1.82) is 0 Å². The summed E-state index contributed by atoms with van der Waals surface area (Å²) in [5, 5.41) is 2.90. The van der Waals surface area contributed by atoms with Crippen LogP contribution in [0.1, 0.15) is 30.0 Å². The molecule has 0 fully saturated rings. The second-order valence-corrected chi connectivity index (χ2v) is 6.26. The van der Waals surface area contributed by atoms with Crippen LogP contribution in [-0.4, -0.2) is 21.7 Å². The van der Waals surface area contributed by atoms with Crippen LogP contribution in [0.2, 0.25) is 0 Å². The molecule has 0 radical (unpaired) electrons. The topological polar surface area (TPSA) is 67.2 Å². The third-order valence-corrected chi connectivity index (χ3v) is 4.64. The van der Waals surface area contributed by atoms with Crippen LogP contribution in [0.25, 0.3) is 0 Å². The largest absolute Gasteiger partial charge is 0.310 e. The van der Waals surface area contributed by atoms with E-state index in [1.807, 2.05) is 12.1 Å². The molecule has 2 unspecified atom stereocenters. The lowest BCUT2D eigenvalue weighted by Gasteiger charge is -2.32. The quantitative estimate of drug-likeness (QED) is 0.925. The Morgan fingerprint density at radius 3 is 2.31 bits per heavy atom. The van der Waals surface area contributed by atoms with Crippen LogP contribution in [0, 0.1) is 5.92 Å². The Kier molecular flexibility index (Phi) is 4.39. The summed E-state index contributed by atoms with van der Waals surface area (Å²) in [5.74, 6) is -0.233. The molecule has 0 saturated carbocycles. The average Bonchev–Trinajstić information content (AvgIpc) is 2.70.